The molecule has 5 aromatic carbocycles. The van der Waals surface area contributed by atoms with E-state index < -0.39 is 17.3 Å². The Bertz CT molecular complexity index is 1920. The van der Waals surface area contributed by atoms with Crippen molar-refractivity contribution in [3.8, 4) is 11.5 Å². The van der Waals surface area contributed by atoms with Crippen molar-refractivity contribution in [1.82, 2.24) is 9.78 Å². The van der Waals surface area contributed by atoms with Crippen LogP contribution in [0.5, 0.6) is 0 Å². The van der Waals surface area contributed by atoms with E-state index in [2.05, 4.69) is 0 Å². The van der Waals surface area contributed by atoms with E-state index >= 15 is 4.39 Å². The van der Waals surface area contributed by atoms with Crippen molar-refractivity contribution < 1.29 is 18.3 Å². The van der Waals surface area contributed by atoms with Crippen LogP contribution in [-0.4, -0.2) is 22.9 Å². The fourth-order valence-corrected chi connectivity index (χ4v) is 5.87. The Balaban J connectivity index is 1.66. The number of hydrogen-bond donors (Lipinski definition) is 0. The predicted octanol–water partition coefficient (Wildman–Crippen LogP) is 8.22. The van der Waals surface area contributed by atoms with Crippen molar-refractivity contribution in [2.75, 3.05) is 7.11 Å². The van der Waals surface area contributed by atoms with Gasteiger partial charge >= 0.3 is 5.97 Å². The number of methoxy groups -OCH3 is 1. The van der Waals surface area contributed by atoms with Gasteiger partial charge in [0.25, 0.3) is 0 Å². The number of benzene rings is 5. The first-order valence-electron chi connectivity index (χ1n) is 13.6. The first kappa shape index (κ1) is 25.5. The summed E-state index contributed by atoms with van der Waals surface area (Å²) in [7, 11) is 1.24. The third-order valence-electron chi connectivity index (χ3n) is 7.74. The zero-order valence-electron chi connectivity index (χ0n) is 22.7. The Morgan fingerprint density at radius 2 is 1.31 bits per heavy atom. The van der Waals surface area contributed by atoms with Crippen molar-refractivity contribution >= 4 is 27.8 Å². The molecule has 0 aliphatic rings. The van der Waals surface area contributed by atoms with Crippen molar-refractivity contribution in [2.24, 2.45) is 0 Å². The second-order valence-electron chi connectivity index (χ2n) is 10.0. The standard InChI is InChI=1S/C36H25FN2O3/c1-41-35(40)28-21-22-29-32(33(28)37)34(31-23-24-13-11-12-20-30(24)42-31)38-39(29)36(25-14-5-2-6-15-25,26-16-7-3-8-17-26)27-18-9-4-10-19-27/h2-23H,1H3. The number of fused-ring (bicyclic) bond motifs is 2. The third kappa shape index (κ3) is 3.84. The van der Waals surface area contributed by atoms with Gasteiger partial charge in [-0.3, -0.25) is 0 Å². The Morgan fingerprint density at radius 1 is 0.762 bits per heavy atom. The lowest BCUT2D eigenvalue weighted by molar-refractivity contribution is 0.0596. The van der Waals surface area contributed by atoms with Crippen LogP contribution in [0.25, 0.3) is 33.3 Å². The minimum absolute atomic E-state index is 0.170. The molecule has 2 aromatic heterocycles. The molecule has 204 valence electrons. The number of esters is 1. The maximum absolute atomic E-state index is 16.5. The van der Waals surface area contributed by atoms with Gasteiger partial charge in [0, 0.05) is 5.39 Å². The molecule has 0 amide bonds. The largest absolute Gasteiger partial charge is 0.465 e. The number of aromatic nitrogens is 2. The molecule has 0 saturated heterocycles. The van der Waals surface area contributed by atoms with Crippen molar-refractivity contribution in [3.63, 3.8) is 0 Å². The predicted molar refractivity (Wildman–Crippen MR) is 161 cm³/mol. The number of hydrogen-bond acceptors (Lipinski definition) is 4. The molecule has 0 bridgehead atoms. The van der Waals surface area contributed by atoms with E-state index in [0.717, 1.165) is 22.1 Å². The normalized spacial score (nSPS) is 11.7. The molecule has 6 heteroatoms. The van der Waals surface area contributed by atoms with Gasteiger partial charge in [-0.25, -0.2) is 13.9 Å². The number of para-hydroxylation sites is 1. The summed E-state index contributed by atoms with van der Waals surface area (Å²) in [4.78, 5) is 12.6. The van der Waals surface area contributed by atoms with E-state index in [1.807, 2.05) is 126 Å². The highest BCUT2D eigenvalue weighted by molar-refractivity contribution is 6.01. The molecule has 0 saturated carbocycles. The van der Waals surface area contributed by atoms with Gasteiger partial charge in [-0.1, -0.05) is 109 Å². The molecule has 0 atom stereocenters. The summed E-state index contributed by atoms with van der Waals surface area (Å²) in [6.45, 7) is 0. The number of furan rings is 1. The summed E-state index contributed by atoms with van der Waals surface area (Å²) >= 11 is 0. The Kier molecular flexibility index (Phi) is 6.16. The second-order valence-corrected chi connectivity index (χ2v) is 10.0. The zero-order valence-corrected chi connectivity index (χ0v) is 22.7. The minimum Gasteiger partial charge on any atom is -0.465 e. The molecule has 0 spiro atoms. The molecular formula is C36H25FN2O3. The third-order valence-corrected chi connectivity index (χ3v) is 7.74. The molecule has 2 heterocycles. The van der Waals surface area contributed by atoms with Gasteiger partial charge in [-0.15, -0.1) is 0 Å². The average Bonchev–Trinajstić information content (AvgIpc) is 3.66. The summed E-state index contributed by atoms with van der Waals surface area (Å²) in [5.74, 6) is -1.09. The van der Waals surface area contributed by atoms with Crippen LogP contribution in [0.2, 0.25) is 0 Å². The highest BCUT2D eigenvalue weighted by atomic mass is 19.1. The maximum Gasteiger partial charge on any atom is 0.340 e. The van der Waals surface area contributed by atoms with Gasteiger partial charge in [-0.05, 0) is 41.0 Å². The molecule has 0 fully saturated rings. The highest BCUT2D eigenvalue weighted by Crippen LogP contribution is 2.45. The van der Waals surface area contributed by atoms with Crippen LogP contribution in [0.4, 0.5) is 4.39 Å². The van der Waals surface area contributed by atoms with Crippen molar-refractivity contribution in [1.29, 1.82) is 0 Å². The first-order chi connectivity index (χ1) is 20.6. The van der Waals surface area contributed by atoms with E-state index in [-0.39, 0.29) is 16.6 Å². The van der Waals surface area contributed by atoms with E-state index in [4.69, 9.17) is 14.3 Å². The Labute approximate surface area is 241 Å². The monoisotopic (exact) mass is 552 g/mol. The van der Waals surface area contributed by atoms with E-state index in [1.165, 1.54) is 13.2 Å². The van der Waals surface area contributed by atoms with Gasteiger partial charge in [0.2, 0.25) is 0 Å². The first-order valence-corrected chi connectivity index (χ1v) is 13.6. The molecule has 0 aliphatic heterocycles. The zero-order chi connectivity index (χ0) is 28.7. The van der Waals surface area contributed by atoms with Crippen LogP contribution in [0.15, 0.2) is 138 Å². The number of halogens is 1. The topological polar surface area (TPSA) is 57.3 Å². The molecular weight excluding hydrogens is 527 g/mol. The summed E-state index contributed by atoms with van der Waals surface area (Å²) in [5, 5.41) is 6.21. The van der Waals surface area contributed by atoms with Gasteiger partial charge in [0.05, 0.1) is 23.6 Å². The van der Waals surface area contributed by atoms with Gasteiger partial charge in [-0.2, -0.15) is 5.10 Å². The summed E-state index contributed by atoms with van der Waals surface area (Å²) in [5.41, 5.74) is 3.04. The molecule has 0 unspecified atom stereocenters. The van der Waals surface area contributed by atoms with E-state index in [0.29, 0.717) is 16.9 Å². The molecule has 5 nitrogen and oxygen atoms in total. The number of carbonyl (C=O) groups is 1. The fourth-order valence-electron chi connectivity index (χ4n) is 5.87. The van der Waals surface area contributed by atoms with Crippen LogP contribution < -0.4 is 0 Å². The van der Waals surface area contributed by atoms with Crippen LogP contribution >= 0.6 is 0 Å². The molecule has 0 radical (unpaired) electrons. The molecule has 7 rings (SSSR count). The van der Waals surface area contributed by atoms with Crippen LogP contribution in [0, 0.1) is 5.82 Å². The number of ether oxygens (including phenoxy) is 1. The number of carbonyl (C=O) groups excluding carboxylic acids is 1. The second kappa shape index (κ2) is 10.2. The molecule has 0 aliphatic carbocycles. The number of rotatable bonds is 6. The minimum atomic E-state index is -1.01. The fraction of sp³-hybridized carbons (Fsp3) is 0.0556. The quantitative estimate of drug-likeness (QED) is 0.154. The number of nitrogens with zero attached hydrogens (tertiary/aromatic N) is 2. The molecule has 42 heavy (non-hydrogen) atoms. The smallest absolute Gasteiger partial charge is 0.340 e. The van der Waals surface area contributed by atoms with Crippen LogP contribution in [-0.2, 0) is 10.3 Å². The Morgan fingerprint density at radius 3 is 1.86 bits per heavy atom. The molecule has 0 N–H and O–H groups in total. The summed E-state index contributed by atoms with van der Waals surface area (Å²) < 4.78 is 29.5. The highest BCUT2D eigenvalue weighted by Gasteiger charge is 2.42. The van der Waals surface area contributed by atoms with Gasteiger partial charge < -0.3 is 9.15 Å². The lowest BCUT2D eigenvalue weighted by atomic mass is 9.77. The SMILES string of the molecule is COC(=O)c1ccc2c(c(-c3cc4ccccc4o3)nn2C(c2ccccc2)(c2ccccc2)c2ccccc2)c1F. The lowest BCUT2D eigenvalue weighted by Gasteiger charge is -2.37. The van der Waals surface area contributed by atoms with Crippen molar-refractivity contribution in [2.45, 2.75) is 5.54 Å². The van der Waals surface area contributed by atoms with Gasteiger partial charge in [0.1, 0.15) is 22.6 Å². The van der Waals surface area contributed by atoms with Crippen molar-refractivity contribution in [3.05, 3.63) is 162 Å². The summed E-state index contributed by atoms with van der Waals surface area (Å²) in [6.07, 6.45) is 0. The van der Waals surface area contributed by atoms with Crippen LogP contribution in [0.3, 0.4) is 0 Å². The average molecular weight is 553 g/mol. The van der Waals surface area contributed by atoms with Gasteiger partial charge in [0.15, 0.2) is 5.76 Å². The Hall–Kier alpha value is -5.49. The maximum atomic E-state index is 16.5. The molecule has 7 aromatic rings. The lowest BCUT2D eigenvalue weighted by Crippen LogP contribution is -2.38. The van der Waals surface area contributed by atoms with Crippen LogP contribution in [0.1, 0.15) is 27.0 Å². The van der Waals surface area contributed by atoms with E-state index in [9.17, 15) is 4.79 Å². The summed E-state index contributed by atoms with van der Waals surface area (Å²) in [6, 6.07) is 42.7. The van der Waals surface area contributed by atoms with E-state index in [1.54, 1.807) is 6.07 Å².